The van der Waals surface area contributed by atoms with E-state index in [1.807, 2.05) is 13.8 Å². The van der Waals surface area contributed by atoms with Gasteiger partial charge in [-0.1, -0.05) is 44.9 Å². The van der Waals surface area contributed by atoms with Crippen molar-refractivity contribution in [2.24, 2.45) is 5.92 Å². The first-order valence-electron chi connectivity index (χ1n) is 9.90. The lowest BCUT2D eigenvalue weighted by molar-refractivity contribution is -0.140. The summed E-state index contributed by atoms with van der Waals surface area (Å²) in [4.78, 5) is 37.2. The summed E-state index contributed by atoms with van der Waals surface area (Å²) in [6.07, 6.45) is 2.89. The van der Waals surface area contributed by atoms with Gasteiger partial charge in [-0.15, -0.1) is 0 Å². The van der Waals surface area contributed by atoms with Gasteiger partial charge in [-0.05, 0) is 37.3 Å². The van der Waals surface area contributed by atoms with Gasteiger partial charge in [0.1, 0.15) is 6.04 Å². The van der Waals surface area contributed by atoms with Crippen LogP contribution in [-0.4, -0.2) is 44.6 Å². The normalized spacial score (nSPS) is 19.6. The van der Waals surface area contributed by atoms with Gasteiger partial charge in [0, 0.05) is 6.54 Å². The molecule has 29 heavy (non-hydrogen) atoms. The number of amides is 2. The SMILES string of the molecule is CC(C)CC(NS(=O)(=O)c1ccccc1)C(=O)NC1CCCCCNC(=O)C1=O. The highest BCUT2D eigenvalue weighted by Gasteiger charge is 2.32. The molecule has 3 N–H and O–H groups in total. The maximum Gasteiger partial charge on any atom is 0.289 e. The van der Waals surface area contributed by atoms with Crippen LogP contribution < -0.4 is 15.4 Å². The lowest BCUT2D eigenvalue weighted by Crippen LogP contribution is -2.54. The summed E-state index contributed by atoms with van der Waals surface area (Å²) in [5.74, 6) is -2.00. The number of benzene rings is 1. The first-order valence-corrected chi connectivity index (χ1v) is 11.4. The molecule has 160 valence electrons. The molecule has 1 aliphatic heterocycles. The molecule has 1 aliphatic rings. The van der Waals surface area contributed by atoms with Crippen molar-refractivity contribution in [3.8, 4) is 0 Å². The quantitative estimate of drug-likeness (QED) is 0.568. The number of nitrogens with one attached hydrogen (secondary N) is 3. The van der Waals surface area contributed by atoms with Crippen molar-refractivity contribution in [1.82, 2.24) is 15.4 Å². The zero-order valence-corrected chi connectivity index (χ0v) is 17.6. The van der Waals surface area contributed by atoms with Crippen molar-refractivity contribution in [1.29, 1.82) is 0 Å². The Bertz CT molecular complexity index is 824. The van der Waals surface area contributed by atoms with Crippen LogP contribution in [0.3, 0.4) is 0 Å². The molecule has 9 heteroatoms. The van der Waals surface area contributed by atoms with Gasteiger partial charge in [-0.2, -0.15) is 4.72 Å². The molecule has 1 fully saturated rings. The van der Waals surface area contributed by atoms with Gasteiger partial charge in [-0.3, -0.25) is 14.4 Å². The number of ketones is 1. The summed E-state index contributed by atoms with van der Waals surface area (Å²) < 4.78 is 27.8. The molecule has 0 spiro atoms. The number of carbonyl (C=O) groups is 3. The van der Waals surface area contributed by atoms with Crippen molar-refractivity contribution in [2.75, 3.05) is 6.54 Å². The molecule has 0 aromatic heterocycles. The monoisotopic (exact) mass is 423 g/mol. The smallest absolute Gasteiger partial charge is 0.289 e. The molecule has 2 amide bonds. The van der Waals surface area contributed by atoms with Crippen molar-refractivity contribution < 1.29 is 22.8 Å². The van der Waals surface area contributed by atoms with Gasteiger partial charge in [0.25, 0.3) is 5.91 Å². The third-order valence-corrected chi connectivity index (χ3v) is 6.17. The second-order valence-corrected chi connectivity index (χ2v) is 9.36. The molecule has 1 heterocycles. The van der Waals surface area contributed by atoms with Crippen LogP contribution in [0.1, 0.15) is 46.0 Å². The third-order valence-electron chi connectivity index (χ3n) is 4.69. The lowest BCUT2D eigenvalue weighted by Gasteiger charge is -2.23. The van der Waals surface area contributed by atoms with E-state index in [2.05, 4.69) is 15.4 Å². The van der Waals surface area contributed by atoms with Gasteiger partial charge >= 0.3 is 0 Å². The van der Waals surface area contributed by atoms with Gasteiger partial charge in [0.05, 0.1) is 10.9 Å². The Kier molecular flexibility index (Phi) is 8.33. The Morgan fingerprint density at radius 3 is 2.48 bits per heavy atom. The van der Waals surface area contributed by atoms with Crippen LogP contribution >= 0.6 is 0 Å². The average Bonchev–Trinajstić information content (AvgIpc) is 2.74. The number of Topliss-reactive ketones (excluding diaryl/α,β-unsaturated/α-hetero) is 1. The predicted molar refractivity (Wildman–Crippen MR) is 108 cm³/mol. The average molecular weight is 424 g/mol. The van der Waals surface area contributed by atoms with Gasteiger partial charge in [0.2, 0.25) is 21.7 Å². The maximum atomic E-state index is 12.9. The number of carbonyl (C=O) groups excluding carboxylic acids is 3. The molecule has 1 aromatic carbocycles. The molecule has 8 nitrogen and oxygen atoms in total. The number of sulfonamides is 1. The standard InChI is InChI=1S/C20H29N3O5S/c1-14(2)13-17(23-29(27,28)15-9-5-3-6-10-15)19(25)22-16-11-7-4-8-12-21-20(26)18(16)24/h3,5-6,9-10,14,16-17,23H,4,7-8,11-13H2,1-2H3,(H,21,26)(H,22,25). The fourth-order valence-electron chi connectivity index (χ4n) is 3.17. The molecule has 1 aromatic rings. The maximum absolute atomic E-state index is 12.9. The van der Waals surface area contributed by atoms with Crippen molar-refractivity contribution in [3.05, 3.63) is 30.3 Å². The molecule has 0 saturated carbocycles. The molecule has 1 saturated heterocycles. The molecule has 2 atom stereocenters. The van der Waals surface area contributed by atoms with E-state index >= 15 is 0 Å². The van der Waals surface area contributed by atoms with E-state index in [4.69, 9.17) is 0 Å². The van der Waals surface area contributed by atoms with E-state index in [-0.39, 0.29) is 17.2 Å². The highest BCUT2D eigenvalue weighted by Crippen LogP contribution is 2.13. The second-order valence-electron chi connectivity index (χ2n) is 7.65. The Morgan fingerprint density at radius 2 is 1.83 bits per heavy atom. The van der Waals surface area contributed by atoms with Crippen LogP contribution in [0.4, 0.5) is 0 Å². The van der Waals surface area contributed by atoms with Crippen LogP contribution in [0.15, 0.2) is 35.2 Å². The van der Waals surface area contributed by atoms with Gasteiger partial charge < -0.3 is 10.6 Å². The largest absolute Gasteiger partial charge is 0.349 e. The summed E-state index contributed by atoms with van der Waals surface area (Å²) >= 11 is 0. The summed E-state index contributed by atoms with van der Waals surface area (Å²) in [7, 11) is -3.91. The first-order chi connectivity index (χ1) is 13.7. The van der Waals surface area contributed by atoms with Crippen LogP contribution in [-0.2, 0) is 24.4 Å². The van der Waals surface area contributed by atoms with Crippen LogP contribution in [0, 0.1) is 5.92 Å². The van der Waals surface area contributed by atoms with Crippen molar-refractivity contribution in [2.45, 2.75) is 62.9 Å². The zero-order valence-electron chi connectivity index (χ0n) is 16.8. The Labute approximate surface area is 171 Å². The van der Waals surface area contributed by atoms with Crippen LogP contribution in [0.25, 0.3) is 0 Å². The highest BCUT2D eigenvalue weighted by atomic mass is 32.2. The summed E-state index contributed by atoms with van der Waals surface area (Å²) in [6.45, 7) is 4.17. The minimum absolute atomic E-state index is 0.0313. The van der Waals surface area contributed by atoms with Crippen LogP contribution in [0.2, 0.25) is 0 Å². The third kappa shape index (κ3) is 6.93. The summed E-state index contributed by atoms with van der Waals surface area (Å²) in [5, 5.41) is 5.15. The predicted octanol–water partition coefficient (Wildman–Crippen LogP) is 1.12. The van der Waals surface area contributed by atoms with Crippen molar-refractivity contribution in [3.63, 3.8) is 0 Å². The summed E-state index contributed by atoms with van der Waals surface area (Å²) in [6, 6.07) is 5.77. The highest BCUT2D eigenvalue weighted by molar-refractivity contribution is 7.89. The van der Waals surface area contributed by atoms with E-state index in [9.17, 15) is 22.8 Å². The fourth-order valence-corrected chi connectivity index (χ4v) is 4.40. The van der Waals surface area contributed by atoms with E-state index in [0.29, 0.717) is 19.4 Å². The fraction of sp³-hybridized carbons (Fsp3) is 0.550. The Morgan fingerprint density at radius 1 is 1.14 bits per heavy atom. The molecule has 2 rings (SSSR count). The second kappa shape index (κ2) is 10.5. The van der Waals surface area contributed by atoms with E-state index in [1.54, 1.807) is 18.2 Å². The summed E-state index contributed by atoms with van der Waals surface area (Å²) in [5.41, 5.74) is 0. The van der Waals surface area contributed by atoms with Crippen molar-refractivity contribution >= 4 is 27.6 Å². The Balaban J connectivity index is 2.17. The minimum atomic E-state index is -3.91. The molecule has 0 bridgehead atoms. The molecule has 2 unspecified atom stereocenters. The number of hydrogen-bond acceptors (Lipinski definition) is 5. The van der Waals surface area contributed by atoms with E-state index in [0.717, 1.165) is 12.8 Å². The molecule has 0 aliphatic carbocycles. The van der Waals surface area contributed by atoms with E-state index < -0.39 is 39.7 Å². The number of rotatable bonds is 7. The number of hydrogen-bond donors (Lipinski definition) is 3. The Hall–Kier alpha value is -2.26. The minimum Gasteiger partial charge on any atom is -0.349 e. The zero-order chi connectivity index (χ0) is 21.4. The molecular formula is C20H29N3O5S. The molecular weight excluding hydrogens is 394 g/mol. The van der Waals surface area contributed by atoms with Gasteiger partial charge in [0.15, 0.2) is 0 Å². The van der Waals surface area contributed by atoms with Crippen LogP contribution in [0.5, 0.6) is 0 Å². The van der Waals surface area contributed by atoms with E-state index in [1.165, 1.54) is 12.1 Å². The lowest BCUT2D eigenvalue weighted by atomic mass is 10.0. The topological polar surface area (TPSA) is 121 Å². The van der Waals surface area contributed by atoms with Gasteiger partial charge in [-0.25, -0.2) is 8.42 Å². The first kappa shape index (κ1) is 23.0. The molecule has 0 radical (unpaired) electrons.